The summed E-state index contributed by atoms with van der Waals surface area (Å²) in [7, 11) is 0. The molecule has 1 fully saturated rings. The van der Waals surface area contributed by atoms with E-state index in [4.69, 9.17) is 4.42 Å². The topological polar surface area (TPSA) is 96.8 Å². The van der Waals surface area contributed by atoms with Gasteiger partial charge in [0.1, 0.15) is 11.5 Å². The first-order chi connectivity index (χ1) is 11.9. The molecule has 7 heteroatoms. The molecule has 1 aromatic carbocycles. The van der Waals surface area contributed by atoms with E-state index in [1.807, 2.05) is 6.07 Å². The summed E-state index contributed by atoms with van der Waals surface area (Å²) in [6, 6.07) is 9.93. The molecule has 0 spiro atoms. The molecule has 25 heavy (non-hydrogen) atoms. The number of likely N-dealkylation sites (tertiary alicyclic amines) is 1. The van der Waals surface area contributed by atoms with Crippen LogP contribution < -0.4 is 0 Å². The molecule has 0 aliphatic carbocycles. The molecule has 1 saturated heterocycles. The first-order valence-electron chi connectivity index (χ1n) is 8.21. The van der Waals surface area contributed by atoms with E-state index >= 15 is 0 Å². The summed E-state index contributed by atoms with van der Waals surface area (Å²) in [6.07, 6.45) is 0.697. The fraction of sp³-hybridized carbons (Fsp3) is 0.389. The summed E-state index contributed by atoms with van der Waals surface area (Å²) in [5, 5.41) is 20.1. The molecule has 2 heterocycles. The van der Waals surface area contributed by atoms with Crippen LogP contribution in [0.5, 0.6) is 0 Å². The van der Waals surface area contributed by atoms with E-state index < -0.39 is 10.9 Å². The SMILES string of the molecule is CC1CC(C(=O)O)CN(Cc2ccc(-c3cccc([N+](=O)[O-])c3)o2)C1. The molecule has 0 radical (unpaired) electrons. The van der Waals surface area contributed by atoms with Crippen molar-refractivity contribution in [1.82, 2.24) is 4.90 Å². The number of carboxylic acids is 1. The molecular formula is C18H20N2O5. The second-order valence-electron chi connectivity index (χ2n) is 6.64. The van der Waals surface area contributed by atoms with E-state index in [-0.39, 0.29) is 11.6 Å². The minimum atomic E-state index is -0.756. The second kappa shape index (κ2) is 7.06. The van der Waals surface area contributed by atoms with E-state index in [2.05, 4.69) is 11.8 Å². The van der Waals surface area contributed by atoms with E-state index in [0.717, 1.165) is 12.3 Å². The van der Waals surface area contributed by atoms with Crippen LogP contribution in [-0.2, 0) is 11.3 Å². The molecule has 0 amide bonds. The Hall–Kier alpha value is -2.67. The predicted molar refractivity (Wildman–Crippen MR) is 91.0 cm³/mol. The summed E-state index contributed by atoms with van der Waals surface area (Å²) >= 11 is 0. The van der Waals surface area contributed by atoms with Gasteiger partial charge >= 0.3 is 5.97 Å². The number of rotatable bonds is 5. The van der Waals surface area contributed by atoms with Crippen LogP contribution in [0, 0.1) is 22.0 Å². The Morgan fingerprint density at radius 2 is 2.16 bits per heavy atom. The third-order valence-corrected chi connectivity index (χ3v) is 4.47. The smallest absolute Gasteiger partial charge is 0.307 e. The van der Waals surface area contributed by atoms with Crippen LogP contribution >= 0.6 is 0 Å². The number of carbonyl (C=O) groups is 1. The molecule has 0 bridgehead atoms. The van der Waals surface area contributed by atoms with Crippen LogP contribution in [0.2, 0.25) is 0 Å². The lowest BCUT2D eigenvalue weighted by Gasteiger charge is -2.34. The Balaban J connectivity index is 1.72. The van der Waals surface area contributed by atoms with Crippen molar-refractivity contribution in [3.63, 3.8) is 0 Å². The van der Waals surface area contributed by atoms with Gasteiger partial charge in [0.25, 0.3) is 5.69 Å². The van der Waals surface area contributed by atoms with Crippen molar-refractivity contribution >= 4 is 11.7 Å². The van der Waals surface area contributed by atoms with Crippen LogP contribution in [0.3, 0.4) is 0 Å². The van der Waals surface area contributed by atoms with Crippen molar-refractivity contribution in [2.24, 2.45) is 11.8 Å². The maximum atomic E-state index is 11.3. The van der Waals surface area contributed by atoms with Gasteiger partial charge in [0.2, 0.25) is 0 Å². The van der Waals surface area contributed by atoms with Crippen molar-refractivity contribution in [2.75, 3.05) is 13.1 Å². The van der Waals surface area contributed by atoms with Crippen LogP contribution in [0.15, 0.2) is 40.8 Å². The fourth-order valence-corrected chi connectivity index (χ4v) is 3.38. The summed E-state index contributed by atoms with van der Waals surface area (Å²) < 4.78 is 5.83. The lowest BCUT2D eigenvalue weighted by atomic mass is 9.90. The van der Waals surface area contributed by atoms with Gasteiger partial charge in [0.05, 0.1) is 17.4 Å². The molecular weight excluding hydrogens is 324 g/mol. The normalized spacial score (nSPS) is 21.2. The first kappa shape index (κ1) is 17.2. The number of non-ortho nitro benzene ring substituents is 1. The first-order valence-corrected chi connectivity index (χ1v) is 8.21. The average Bonchev–Trinajstić information content (AvgIpc) is 3.03. The monoisotopic (exact) mass is 344 g/mol. The number of hydrogen-bond donors (Lipinski definition) is 1. The summed E-state index contributed by atoms with van der Waals surface area (Å²) in [6.45, 7) is 3.92. The van der Waals surface area contributed by atoms with Crippen molar-refractivity contribution in [3.05, 3.63) is 52.3 Å². The van der Waals surface area contributed by atoms with Crippen molar-refractivity contribution in [2.45, 2.75) is 19.9 Å². The maximum Gasteiger partial charge on any atom is 0.307 e. The molecule has 1 aliphatic rings. The van der Waals surface area contributed by atoms with Crippen LogP contribution in [0.1, 0.15) is 19.1 Å². The number of nitro benzene ring substituents is 1. The molecule has 2 aromatic rings. The number of hydrogen-bond acceptors (Lipinski definition) is 5. The van der Waals surface area contributed by atoms with Crippen LogP contribution in [-0.4, -0.2) is 34.0 Å². The van der Waals surface area contributed by atoms with E-state index in [0.29, 0.717) is 36.8 Å². The molecule has 1 N–H and O–H groups in total. The van der Waals surface area contributed by atoms with E-state index in [1.165, 1.54) is 12.1 Å². The maximum absolute atomic E-state index is 11.3. The Morgan fingerprint density at radius 1 is 1.36 bits per heavy atom. The largest absolute Gasteiger partial charge is 0.481 e. The average molecular weight is 344 g/mol. The van der Waals surface area contributed by atoms with Crippen LogP contribution in [0.25, 0.3) is 11.3 Å². The Bertz CT molecular complexity index is 785. The zero-order valence-corrected chi connectivity index (χ0v) is 13.9. The van der Waals surface area contributed by atoms with Gasteiger partial charge in [-0.25, -0.2) is 0 Å². The molecule has 7 nitrogen and oxygen atoms in total. The predicted octanol–water partition coefficient (Wildman–Crippen LogP) is 3.40. The number of carboxylic acid groups (broad SMARTS) is 1. The van der Waals surface area contributed by atoms with Crippen molar-refractivity contribution in [1.29, 1.82) is 0 Å². The zero-order valence-electron chi connectivity index (χ0n) is 13.9. The Labute approximate surface area is 145 Å². The molecule has 1 aromatic heterocycles. The fourth-order valence-electron chi connectivity index (χ4n) is 3.38. The standard InChI is InChI=1S/C18H20N2O5/c1-12-7-14(18(21)22)10-19(9-12)11-16-5-6-17(25-16)13-3-2-4-15(8-13)20(23)24/h2-6,8,12,14H,7,9-11H2,1H3,(H,21,22). The van der Waals surface area contributed by atoms with Gasteiger partial charge in [-0.3, -0.25) is 19.8 Å². The highest BCUT2D eigenvalue weighted by Crippen LogP contribution is 2.28. The van der Waals surface area contributed by atoms with Gasteiger partial charge in [-0.1, -0.05) is 19.1 Å². The highest BCUT2D eigenvalue weighted by atomic mass is 16.6. The molecule has 1 aliphatic heterocycles. The van der Waals surface area contributed by atoms with Gasteiger partial charge in [-0.2, -0.15) is 0 Å². The quantitative estimate of drug-likeness (QED) is 0.659. The number of nitro groups is 1. The van der Waals surface area contributed by atoms with Gasteiger partial charge in [-0.05, 0) is 24.5 Å². The van der Waals surface area contributed by atoms with E-state index in [1.54, 1.807) is 18.2 Å². The number of aliphatic carboxylic acids is 1. The minimum absolute atomic E-state index is 0.0182. The molecule has 2 unspecified atom stereocenters. The molecule has 132 valence electrons. The van der Waals surface area contributed by atoms with E-state index in [9.17, 15) is 20.0 Å². The third-order valence-electron chi connectivity index (χ3n) is 4.47. The Kier molecular flexibility index (Phi) is 4.85. The minimum Gasteiger partial charge on any atom is -0.481 e. The Morgan fingerprint density at radius 3 is 2.88 bits per heavy atom. The van der Waals surface area contributed by atoms with Gasteiger partial charge in [0.15, 0.2) is 0 Å². The summed E-state index contributed by atoms with van der Waals surface area (Å²) in [5.41, 5.74) is 0.667. The number of benzene rings is 1. The highest BCUT2D eigenvalue weighted by Gasteiger charge is 2.29. The van der Waals surface area contributed by atoms with Gasteiger partial charge in [0, 0.05) is 30.8 Å². The molecule has 0 saturated carbocycles. The summed E-state index contributed by atoms with van der Waals surface area (Å²) in [4.78, 5) is 23.8. The zero-order chi connectivity index (χ0) is 18.0. The van der Waals surface area contributed by atoms with Crippen LogP contribution in [0.4, 0.5) is 5.69 Å². The van der Waals surface area contributed by atoms with Gasteiger partial charge < -0.3 is 9.52 Å². The summed E-state index contributed by atoms with van der Waals surface area (Å²) in [5.74, 6) is 0.502. The number of nitrogens with zero attached hydrogens (tertiary/aromatic N) is 2. The third kappa shape index (κ3) is 4.06. The highest BCUT2D eigenvalue weighted by molar-refractivity contribution is 5.70. The second-order valence-corrected chi connectivity index (χ2v) is 6.64. The van der Waals surface area contributed by atoms with Gasteiger partial charge in [-0.15, -0.1) is 0 Å². The van der Waals surface area contributed by atoms with Crippen molar-refractivity contribution < 1.29 is 19.2 Å². The molecule has 3 rings (SSSR count). The number of piperidine rings is 1. The molecule has 2 atom stereocenters. The lowest BCUT2D eigenvalue weighted by Crippen LogP contribution is -2.41. The lowest BCUT2D eigenvalue weighted by molar-refractivity contribution is -0.384. The van der Waals surface area contributed by atoms with Crippen molar-refractivity contribution in [3.8, 4) is 11.3 Å². The number of furan rings is 1.